The second kappa shape index (κ2) is 2.61. The Morgan fingerprint density at radius 1 is 1.67 bits per heavy atom. The summed E-state index contributed by atoms with van der Waals surface area (Å²) in [5.41, 5.74) is -2.39. The van der Waals surface area contributed by atoms with E-state index in [9.17, 15) is 19.3 Å². The van der Waals surface area contributed by atoms with Gasteiger partial charge in [-0.05, 0) is 0 Å². The van der Waals surface area contributed by atoms with Gasteiger partial charge in [0.15, 0.2) is 0 Å². The molecule has 1 N–H and O–H groups in total. The zero-order valence-corrected chi connectivity index (χ0v) is 5.60. The topological polar surface area (TPSA) is 85.4 Å². The van der Waals surface area contributed by atoms with E-state index in [1.807, 2.05) is 0 Å². The average Bonchev–Trinajstić information content (AvgIpc) is 2.00. The molecule has 0 radical (unpaired) electrons. The Kier molecular flexibility index (Phi) is 1.78. The molecule has 12 heavy (non-hydrogen) atoms. The van der Waals surface area contributed by atoms with Gasteiger partial charge in [0.25, 0.3) is 5.82 Å². The molecule has 0 aliphatic heterocycles. The number of aromatic nitrogens is 1. The van der Waals surface area contributed by atoms with Crippen molar-refractivity contribution in [2.24, 2.45) is 0 Å². The quantitative estimate of drug-likeness (QED) is 0.372. The maximum Gasteiger partial charge on any atom is 0.326 e. The third-order valence-electron chi connectivity index (χ3n) is 1.19. The highest BCUT2D eigenvalue weighted by Gasteiger charge is 2.18. The number of nitro groups is 1. The SMILES string of the molecule is O=c1c(F)c([N+](=O)[O-])ccn1O. The van der Waals surface area contributed by atoms with E-state index in [1.165, 1.54) is 0 Å². The monoisotopic (exact) mass is 174 g/mol. The summed E-state index contributed by atoms with van der Waals surface area (Å²) in [5, 5.41) is 18.6. The van der Waals surface area contributed by atoms with E-state index in [1.54, 1.807) is 0 Å². The molecule has 0 amide bonds. The molecule has 0 spiro atoms. The molecule has 0 aliphatic rings. The third kappa shape index (κ3) is 1.11. The van der Waals surface area contributed by atoms with Gasteiger partial charge in [0.05, 0.1) is 11.1 Å². The molecular weight excluding hydrogens is 171 g/mol. The summed E-state index contributed by atoms with van der Waals surface area (Å²) < 4.78 is 12.5. The highest BCUT2D eigenvalue weighted by molar-refractivity contribution is 5.27. The lowest BCUT2D eigenvalue weighted by atomic mass is 10.4. The van der Waals surface area contributed by atoms with E-state index in [0.717, 1.165) is 0 Å². The first-order chi connectivity index (χ1) is 5.54. The minimum atomic E-state index is -1.58. The van der Waals surface area contributed by atoms with E-state index >= 15 is 0 Å². The van der Waals surface area contributed by atoms with E-state index in [-0.39, 0.29) is 4.73 Å². The van der Waals surface area contributed by atoms with Gasteiger partial charge in [-0.2, -0.15) is 9.12 Å². The van der Waals surface area contributed by atoms with Gasteiger partial charge in [-0.1, -0.05) is 0 Å². The van der Waals surface area contributed by atoms with Crippen molar-refractivity contribution in [2.75, 3.05) is 0 Å². The summed E-state index contributed by atoms with van der Waals surface area (Å²) in [7, 11) is 0. The summed E-state index contributed by atoms with van der Waals surface area (Å²) >= 11 is 0. The maximum absolute atomic E-state index is 12.6. The highest BCUT2D eigenvalue weighted by Crippen LogP contribution is 2.10. The average molecular weight is 174 g/mol. The molecular formula is C5H3FN2O4. The molecule has 0 unspecified atom stereocenters. The van der Waals surface area contributed by atoms with E-state index in [0.29, 0.717) is 12.3 Å². The van der Waals surface area contributed by atoms with Gasteiger partial charge >= 0.3 is 11.2 Å². The largest absolute Gasteiger partial charge is 0.425 e. The van der Waals surface area contributed by atoms with Crippen LogP contribution in [0.2, 0.25) is 0 Å². The molecule has 64 valence electrons. The van der Waals surface area contributed by atoms with Crippen molar-refractivity contribution in [1.82, 2.24) is 4.73 Å². The lowest BCUT2D eigenvalue weighted by molar-refractivity contribution is -0.387. The number of rotatable bonds is 1. The van der Waals surface area contributed by atoms with Gasteiger partial charge in [-0.3, -0.25) is 14.9 Å². The van der Waals surface area contributed by atoms with Gasteiger partial charge < -0.3 is 5.21 Å². The molecule has 0 saturated carbocycles. The van der Waals surface area contributed by atoms with Crippen LogP contribution < -0.4 is 5.56 Å². The van der Waals surface area contributed by atoms with Crippen LogP contribution in [0.5, 0.6) is 0 Å². The molecule has 0 aliphatic carbocycles. The molecule has 1 aromatic rings. The Hall–Kier alpha value is -1.92. The maximum atomic E-state index is 12.6. The minimum Gasteiger partial charge on any atom is -0.425 e. The Bertz CT molecular complexity index is 386. The van der Waals surface area contributed by atoms with Crippen LogP contribution in [0, 0.1) is 15.9 Å². The molecule has 1 rings (SSSR count). The molecule has 1 heterocycles. The second-order valence-corrected chi connectivity index (χ2v) is 1.92. The zero-order valence-electron chi connectivity index (χ0n) is 5.60. The smallest absolute Gasteiger partial charge is 0.326 e. The van der Waals surface area contributed by atoms with Crippen molar-refractivity contribution in [2.45, 2.75) is 0 Å². The molecule has 6 nitrogen and oxygen atoms in total. The first-order valence-corrected chi connectivity index (χ1v) is 2.79. The van der Waals surface area contributed by atoms with E-state index in [2.05, 4.69) is 0 Å². The summed E-state index contributed by atoms with van der Waals surface area (Å²) in [5.74, 6) is -1.58. The van der Waals surface area contributed by atoms with Crippen LogP contribution in [-0.2, 0) is 0 Å². The predicted molar refractivity (Wildman–Crippen MR) is 34.5 cm³/mol. The highest BCUT2D eigenvalue weighted by atomic mass is 19.1. The second-order valence-electron chi connectivity index (χ2n) is 1.92. The normalized spacial score (nSPS) is 9.75. The molecule has 7 heteroatoms. The Labute approximate surface area is 64.6 Å². The van der Waals surface area contributed by atoms with Crippen molar-refractivity contribution in [3.63, 3.8) is 0 Å². The molecule has 1 aromatic heterocycles. The van der Waals surface area contributed by atoms with Gasteiger partial charge in [0.1, 0.15) is 0 Å². The van der Waals surface area contributed by atoms with E-state index in [4.69, 9.17) is 5.21 Å². The van der Waals surface area contributed by atoms with Crippen LogP contribution in [0.4, 0.5) is 10.1 Å². The van der Waals surface area contributed by atoms with Gasteiger partial charge in [-0.15, -0.1) is 0 Å². The number of halogens is 1. The first kappa shape index (κ1) is 8.18. The predicted octanol–water partition coefficient (Wildman–Crippen LogP) is 0.133. The van der Waals surface area contributed by atoms with Crippen molar-refractivity contribution >= 4 is 5.69 Å². The van der Waals surface area contributed by atoms with Gasteiger partial charge in [0.2, 0.25) is 0 Å². The van der Waals surface area contributed by atoms with Gasteiger partial charge in [0, 0.05) is 6.07 Å². The van der Waals surface area contributed by atoms with Crippen molar-refractivity contribution in [3.05, 3.63) is 38.5 Å². The Balaban J connectivity index is 3.47. The van der Waals surface area contributed by atoms with Crippen LogP contribution in [0.15, 0.2) is 17.1 Å². The Morgan fingerprint density at radius 2 is 2.25 bits per heavy atom. The van der Waals surface area contributed by atoms with Crippen LogP contribution in [0.25, 0.3) is 0 Å². The standard InChI is InChI=1S/C5H3FN2O4/c6-4-3(8(11)12)1-2-7(10)5(4)9/h1-2,10H. The van der Waals surface area contributed by atoms with Gasteiger partial charge in [-0.25, -0.2) is 0 Å². The lowest BCUT2D eigenvalue weighted by Crippen LogP contribution is -2.21. The van der Waals surface area contributed by atoms with Crippen LogP contribution in [0.1, 0.15) is 0 Å². The fourth-order valence-electron chi connectivity index (χ4n) is 0.633. The number of nitrogens with zero attached hydrogens (tertiary/aromatic N) is 2. The summed E-state index contributed by atoms with van der Waals surface area (Å²) in [6.45, 7) is 0. The molecule has 0 fully saturated rings. The van der Waals surface area contributed by atoms with Crippen molar-refractivity contribution in [3.8, 4) is 0 Å². The van der Waals surface area contributed by atoms with E-state index < -0.39 is 22.0 Å². The van der Waals surface area contributed by atoms with Crippen LogP contribution in [0.3, 0.4) is 0 Å². The fourth-order valence-corrected chi connectivity index (χ4v) is 0.633. The number of pyridine rings is 1. The van der Waals surface area contributed by atoms with Crippen molar-refractivity contribution < 1.29 is 14.5 Å². The van der Waals surface area contributed by atoms with Crippen LogP contribution in [-0.4, -0.2) is 14.9 Å². The summed E-state index contributed by atoms with van der Waals surface area (Å²) in [6, 6.07) is 0.691. The lowest BCUT2D eigenvalue weighted by Gasteiger charge is -1.94. The summed E-state index contributed by atoms with van der Waals surface area (Å²) in [4.78, 5) is 19.5. The number of hydrogen-bond acceptors (Lipinski definition) is 4. The molecule has 0 saturated heterocycles. The van der Waals surface area contributed by atoms with Crippen molar-refractivity contribution in [1.29, 1.82) is 0 Å². The molecule has 0 bridgehead atoms. The molecule has 0 aromatic carbocycles. The minimum absolute atomic E-state index is 0.0671. The Morgan fingerprint density at radius 3 is 2.75 bits per heavy atom. The van der Waals surface area contributed by atoms with Crippen LogP contribution >= 0.6 is 0 Å². The molecule has 0 atom stereocenters. The zero-order chi connectivity index (χ0) is 9.30. The fraction of sp³-hybridized carbons (Fsp3) is 0. The number of hydrogen-bond donors (Lipinski definition) is 1. The summed E-state index contributed by atoms with van der Waals surface area (Å²) in [6.07, 6.45) is 0.698. The first-order valence-electron chi connectivity index (χ1n) is 2.79. The third-order valence-corrected chi connectivity index (χ3v) is 1.19.